The Hall–Kier alpha value is -2.02. The average Bonchev–Trinajstić information content (AvgIpc) is 2.83. The van der Waals surface area contributed by atoms with Crippen LogP contribution in [0.5, 0.6) is 0 Å². The van der Waals surface area contributed by atoms with E-state index in [9.17, 15) is 0 Å². The van der Waals surface area contributed by atoms with Gasteiger partial charge in [0.15, 0.2) is 0 Å². The first-order valence-electron chi connectivity index (χ1n) is 13.4. The molecule has 1 unspecified atom stereocenters. The van der Waals surface area contributed by atoms with Gasteiger partial charge < -0.3 is 5.32 Å². The first-order valence-corrected chi connectivity index (χ1v) is 13.4. The molecular weight excluding hydrogens is 386 g/mol. The van der Waals surface area contributed by atoms with Gasteiger partial charge in [-0.15, -0.1) is 0 Å². The zero-order valence-corrected chi connectivity index (χ0v) is 20.6. The van der Waals surface area contributed by atoms with Crippen molar-refractivity contribution in [1.29, 1.82) is 0 Å². The lowest BCUT2D eigenvalue weighted by Gasteiger charge is -2.20. The molecule has 1 nitrogen and oxygen atoms in total. The molecule has 0 saturated heterocycles. The number of hydrogen-bond donors (Lipinski definition) is 1. The van der Waals surface area contributed by atoms with E-state index in [-0.39, 0.29) is 6.04 Å². The maximum Gasteiger partial charge on any atom is 0.0697 e. The Morgan fingerprint density at radius 2 is 1.28 bits per heavy atom. The highest BCUT2D eigenvalue weighted by Gasteiger charge is 2.10. The number of benzene rings is 1. The molecule has 2 rings (SSSR count). The molecule has 1 N–H and O–H groups in total. The van der Waals surface area contributed by atoms with E-state index < -0.39 is 0 Å². The summed E-state index contributed by atoms with van der Waals surface area (Å²) in [6.07, 6.45) is 36.4. The standard InChI is InChI=1S/C31H47N/c1-2-3-4-5-6-7-8-9-10-11-12-13-14-15-16-17-19-24-29-25-22-23-28-31(29)32-30-26-20-18-21-27-30/h9-10,18,20-28,31-32H,2-8,11-17,19H2,1H3/b10-9-,29-24?. The number of rotatable bonds is 18. The largest absolute Gasteiger partial charge is 0.375 e. The lowest BCUT2D eigenvalue weighted by molar-refractivity contribution is 0.598. The second-order valence-electron chi connectivity index (χ2n) is 9.16. The molecule has 0 fully saturated rings. The molecule has 0 aromatic heterocycles. The van der Waals surface area contributed by atoms with E-state index in [1.54, 1.807) is 0 Å². The molecule has 0 radical (unpaired) electrons. The van der Waals surface area contributed by atoms with Crippen LogP contribution >= 0.6 is 0 Å². The maximum absolute atomic E-state index is 3.63. The summed E-state index contributed by atoms with van der Waals surface area (Å²) in [5.74, 6) is 0. The van der Waals surface area contributed by atoms with Gasteiger partial charge in [0.1, 0.15) is 0 Å². The van der Waals surface area contributed by atoms with Crippen molar-refractivity contribution < 1.29 is 0 Å². The van der Waals surface area contributed by atoms with Crippen LogP contribution in [0.25, 0.3) is 0 Å². The Labute approximate surface area is 198 Å². The minimum Gasteiger partial charge on any atom is -0.375 e. The second-order valence-corrected chi connectivity index (χ2v) is 9.16. The molecule has 1 aliphatic rings. The van der Waals surface area contributed by atoms with Crippen molar-refractivity contribution >= 4 is 5.69 Å². The van der Waals surface area contributed by atoms with Gasteiger partial charge in [0, 0.05) is 5.69 Å². The minimum atomic E-state index is 0.288. The van der Waals surface area contributed by atoms with Gasteiger partial charge >= 0.3 is 0 Å². The summed E-state index contributed by atoms with van der Waals surface area (Å²) in [5, 5.41) is 3.63. The molecular formula is C31H47N. The molecule has 0 amide bonds. The SMILES string of the molecule is CCCCCCCC/C=C\CCCCCCCCC=C1C=CC=CC1Nc1ccccc1. The molecule has 1 aromatic carbocycles. The summed E-state index contributed by atoms with van der Waals surface area (Å²) < 4.78 is 0. The second kappa shape index (κ2) is 18.5. The first kappa shape index (κ1) is 26.2. The molecule has 0 saturated carbocycles. The Bertz CT molecular complexity index is 680. The minimum absolute atomic E-state index is 0.288. The summed E-state index contributed by atoms with van der Waals surface area (Å²) in [6, 6.07) is 10.8. The third kappa shape index (κ3) is 12.7. The van der Waals surface area contributed by atoms with Crippen LogP contribution in [-0.4, -0.2) is 6.04 Å². The Morgan fingerprint density at radius 3 is 1.94 bits per heavy atom. The van der Waals surface area contributed by atoms with Crippen LogP contribution in [0.2, 0.25) is 0 Å². The molecule has 0 heterocycles. The van der Waals surface area contributed by atoms with Gasteiger partial charge in [-0.25, -0.2) is 0 Å². The summed E-state index contributed by atoms with van der Waals surface area (Å²) in [4.78, 5) is 0. The summed E-state index contributed by atoms with van der Waals surface area (Å²) in [5.41, 5.74) is 2.57. The lowest BCUT2D eigenvalue weighted by atomic mass is 9.99. The van der Waals surface area contributed by atoms with E-state index in [4.69, 9.17) is 0 Å². The average molecular weight is 434 g/mol. The van der Waals surface area contributed by atoms with Gasteiger partial charge in [-0.05, 0) is 56.2 Å². The van der Waals surface area contributed by atoms with Gasteiger partial charge in [-0.3, -0.25) is 0 Å². The third-order valence-electron chi connectivity index (χ3n) is 6.25. The number of allylic oxidation sites excluding steroid dienone is 5. The fourth-order valence-electron chi connectivity index (χ4n) is 4.26. The van der Waals surface area contributed by atoms with Crippen LogP contribution in [0, 0.1) is 0 Å². The highest BCUT2D eigenvalue weighted by Crippen LogP contribution is 2.19. The molecule has 1 heteroatoms. The molecule has 0 bridgehead atoms. The maximum atomic E-state index is 3.63. The van der Waals surface area contributed by atoms with Crippen molar-refractivity contribution in [2.75, 3.05) is 5.32 Å². The van der Waals surface area contributed by atoms with E-state index >= 15 is 0 Å². The van der Waals surface area contributed by atoms with Crippen LogP contribution < -0.4 is 5.32 Å². The zero-order valence-electron chi connectivity index (χ0n) is 20.6. The monoisotopic (exact) mass is 433 g/mol. The summed E-state index contributed by atoms with van der Waals surface area (Å²) >= 11 is 0. The molecule has 1 aliphatic carbocycles. The van der Waals surface area contributed by atoms with Crippen molar-refractivity contribution in [2.45, 2.75) is 109 Å². The van der Waals surface area contributed by atoms with Gasteiger partial charge in [0.2, 0.25) is 0 Å². The Balaban J connectivity index is 1.44. The highest BCUT2D eigenvalue weighted by atomic mass is 14.9. The fourth-order valence-corrected chi connectivity index (χ4v) is 4.26. The van der Waals surface area contributed by atoms with Crippen LogP contribution in [0.15, 0.2) is 78.4 Å². The van der Waals surface area contributed by atoms with Crippen molar-refractivity contribution in [3.63, 3.8) is 0 Å². The predicted molar refractivity (Wildman–Crippen MR) is 144 cm³/mol. The molecule has 0 spiro atoms. The van der Waals surface area contributed by atoms with Crippen molar-refractivity contribution in [1.82, 2.24) is 0 Å². The highest BCUT2D eigenvalue weighted by molar-refractivity contribution is 5.50. The molecule has 32 heavy (non-hydrogen) atoms. The van der Waals surface area contributed by atoms with Crippen LogP contribution in [0.1, 0.15) is 103 Å². The van der Waals surface area contributed by atoms with Crippen molar-refractivity contribution in [2.24, 2.45) is 0 Å². The Morgan fingerprint density at radius 1 is 0.688 bits per heavy atom. The van der Waals surface area contributed by atoms with Crippen LogP contribution in [0.3, 0.4) is 0 Å². The number of anilines is 1. The van der Waals surface area contributed by atoms with Gasteiger partial charge in [0.05, 0.1) is 6.04 Å². The normalized spacial score (nSPS) is 16.9. The lowest BCUT2D eigenvalue weighted by Crippen LogP contribution is -2.20. The first-order chi connectivity index (χ1) is 15.9. The molecule has 0 aliphatic heterocycles. The van der Waals surface area contributed by atoms with E-state index in [2.05, 4.69) is 85.1 Å². The third-order valence-corrected chi connectivity index (χ3v) is 6.25. The van der Waals surface area contributed by atoms with Crippen LogP contribution in [-0.2, 0) is 0 Å². The van der Waals surface area contributed by atoms with Gasteiger partial charge in [-0.2, -0.15) is 0 Å². The Kier molecular flexibility index (Phi) is 15.2. The van der Waals surface area contributed by atoms with Crippen LogP contribution in [0.4, 0.5) is 5.69 Å². The van der Waals surface area contributed by atoms with E-state index in [0.717, 1.165) is 0 Å². The van der Waals surface area contributed by atoms with E-state index in [1.807, 2.05) is 0 Å². The van der Waals surface area contributed by atoms with E-state index in [0.29, 0.717) is 0 Å². The number of para-hydroxylation sites is 1. The molecule has 176 valence electrons. The molecule has 1 atom stereocenters. The zero-order chi connectivity index (χ0) is 22.5. The van der Waals surface area contributed by atoms with Crippen molar-refractivity contribution in [3.8, 4) is 0 Å². The smallest absolute Gasteiger partial charge is 0.0697 e. The number of hydrogen-bond acceptors (Lipinski definition) is 1. The van der Waals surface area contributed by atoms with E-state index in [1.165, 1.54) is 108 Å². The summed E-state index contributed by atoms with van der Waals surface area (Å²) in [6.45, 7) is 2.29. The van der Waals surface area contributed by atoms with Crippen molar-refractivity contribution in [3.05, 3.63) is 78.4 Å². The topological polar surface area (TPSA) is 12.0 Å². The summed E-state index contributed by atoms with van der Waals surface area (Å²) in [7, 11) is 0. The fraction of sp³-hybridized carbons (Fsp3) is 0.548. The van der Waals surface area contributed by atoms with Gasteiger partial charge in [0.25, 0.3) is 0 Å². The number of nitrogens with one attached hydrogen (secondary N) is 1. The predicted octanol–water partition coefficient (Wildman–Crippen LogP) is 9.95. The quantitative estimate of drug-likeness (QED) is 0.179. The molecule has 1 aromatic rings. The number of unbranched alkanes of at least 4 members (excludes halogenated alkanes) is 13. The van der Waals surface area contributed by atoms with Gasteiger partial charge in [-0.1, -0.05) is 125 Å².